The molecule has 0 aromatic heterocycles. The number of hydrogen-bond acceptors (Lipinski definition) is 3. The highest BCUT2D eigenvalue weighted by Gasteiger charge is 2.13. The predicted octanol–water partition coefficient (Wildman–Crippen LogP) is 1.28. The lowest BCUT2D eigenvalue weighted by Gasteiger charge is -2.14. The molecule has 0 bridgehead atoms. The highest BCUT2D eigenvalue weighted by atomic mass is 16.4. The number of rotatable bonds is 4. The van der Waals surface area contributed by atoms with Gasteiger partial charge in [-0.1, -0.05) is 13.8 Å². The zero-order valence-electron chi connectivity index (χ0n) is 10.7. The number of aromatic carboxylic acids is 1. The molecular weight excluding hydrogens is 248 g/mol. The summed E-state index contributed by atoms with van der Waals surface area (Å²) >= 11 is 0. The summed E-state index contributed by atoms with van der Waals surface area (Å²) in [6, 6.07) is 4.12. The van der Waals surface area contributed by atoms with Crippen molar-refractivity contribution in [2.75, 3.05) is 10.6 Å². The zero-order valence-corrected chi connectivity index (χ0v) is 10.7. The second-order valence-electron chi connectivity index (χ2n) is 4.25. The molecule has 0 saturated heterocycles. The molecule has 0 fully saturated rings. The largest absolute Gasteiger partial charge is 0.478 e. The highest BCUT2D eigenvalue weighted by molar-refractivity contribution is 6.01. The fraction of sp³-hybridized carbons (Fsp3) is 0.250. The Hall–Kier alpha value is -2.57. The van der Waals surface area contributed by atoms with Crippen LogP contribution < -0.4 is 16.4 Å². The highest BCUT2D eigenvalue weighted by Crippen LogP contribution is 2.23. The molecule has 1 rings (SSSR count). The first-order chi connectivity index (χ1) is 8.81. The lowest BCUT2D eigenvalue weighted by molar-refractivity contribution is -0.118. The topological polar surface area (TPSA) is 128 Å². The van der Waals surface area contributed by atoms with E-state index in [2.05, 4.69) is 10.6 Å². The molecule has 0 atom stereocenters. The van der Waals surface area contributed by atoms with Gasteiger partial charge in [0.25, 0.3) is 0 Å². The van der Waals surface area contributed by atoms with Crippen LogP contribution in [0.4, 0.5) is 11.4 Å². The molecule has 0 aliphatic carbocycles. The number of carbonyl (C=O) groups excluding carboxylic acids is 1. The van der Waals surface area contributed by atoms with E-state index in [4.69, 9.17) is 16.2 Å². The van der Waals surface area contributed by atoms with Gasteiger partial charge in [-0.2, -0.15) is 0 Å². The lowest BCUT2D eigenvalue weighted by Crippen LogP contribution is -2.23. The number of benzene rings is 1. The summed E-state index contributed by atoms with van der Waals surface area (Å²) in [6.45, 7) is 3.47. The van der Waals surface area contributed by atoms with E-state index in [-0.39, 0.29) is 29.0 Å². The normalized spacial score (nSPS) is 10.1. The fourth-order valence-corrected chi connectivity index (χ4v) is 1.31. The number of amides is 1. The molecule has 0 heterocycles. The quantitative estimate of drug-likeness (QED) is 0.413. The Morgan fingerprint density at radius 2 is 1.89 bits per heavy atom. The van der Waals surface area contributed by atoms with E-state index in [1.54, 1.807) is 13.8 Å². The number of guanidine groups is 1. The summed E-state index contributed by atoms with van der Waals surface area (Å²) in [4.78, 5) is 22.5. The molecule has 0 radical (unpaired) electrons. The van der Waals surface area contributed by atoms with Crippen molar-refractivity contribution < 1.29 is 14.7 Å². The van der Waals surface area contributed by atoms with Crippen molar-refractivity contribution in [1.82, 2.24) is 0 Å². The second-order valence-corrected chi connectivity index (χ2v) is 4.25. The molecule has 1 aromatic rings. The number of carboxylic acids is 1. The summed E-state index contributed by atoms with van der Waals surface area (Å²) in [6.07, 6.45) is 0. The van der Waals surface area contributed by atoms with Crippen LogP contribution in [-0.4, -0.2) is 22.9 Å². The van der Waals surface area contributed by atoms with Crippen molar-refractivity contribution in [3.8, 4) is 0 Å². The molecular formula is C12H16N4O3. The van der Waals surface area contributed by atoms with Crippen molar-refractivity contribution in [3.63, 3.8) is 0 Å². The van der Waals surface area contributed by atoms with Crippen LogP contribution in [0, 0.1) is 11.3 Å². The van der Waals surface area contributed by atoms with Gasteiger partial charge in [0, 0.05) is 5.92 Å². The minimum absolute atomic E-state index is 0.0336. The van der Waals surface area contributed by atoms with Crippen molar-refractivity contribution in [3.05, 3.63) is 23.8 Å². The maximum Gasteiger partial charge on any atom is 0.335 e. The van der Waals surface area contributed by atoms with Gasteiger partial charge in [-0.3, -0.25) is 10.2 Å². The van der Waals surface area contributed by atoms with Crippen molar-refractivity contribution in [2.45, 2.75) is 13.8 Å². The monoisotopic (exact) mass is 264 g/mol. The van der Waals surface area contributed by atoms with E-state index in [9.17, 15) is 9.59 Å². The molecule has 0 spiro atoms. The van der Waals surface area contributed by atoms with Crippen molar-refractivity contribution >= 4 is 29.2 Å². The average Bonchev–Trinajstić information content (AvgIpc) is 2.30. The van der Waals surface area contributed by atoms with Gasteiger partial charge >= 0.3 is 5.97 Å². The third-order valence-electron chi connectivity index (χ3n) is 2.32. The Kier molecular flexibility index (Phi) is 4.46. The van der Waals surface area contributed by atoms with Crippen LogP contribution in [0.15, 0.2) is 18.2 Å². The maximum absolute atomic E-state index is 11.6. The summed E-state index contributed by atoms with van der Waals surface area (Å²) in [5, 5.41) is 21.2. The summed E-state index contributed by atoms with van der Waals surface area (Å²) in [5.41, 5.74) is 5.89. The Bertz CT molecular complexity index is 526. The van der Waals surface area contributed by atoms with Gasteiger partial charge in [0.1, 0.15) is 0 Å². The zero-order chi connectivity index (χ0) is 14.6. The molecule has 102 valence electrons. The molecule has 0 aliphatic heterocycles. The van der Waals surface area contributed by atoms with Gasteiger partial charge in [-0.05, 0) is 18.2 Å². The molecule has 7 nitrogen and oxygen atoms in total. The standard InChI is InChI=1S/C12H16N4O3/c1-6(2)10(17)15-8-4-3-7(11(18)19)5-9(8)16-12(13)14/h3-6H,1-2H3,(H,15,17)(H,18,19)(H4,13,14,16). The van der Waals surface area contributed by atoms with Gasteiger partial charge in [0.2, 0.25) is 5.91 Å². The van der Waals surface area contributed by atoms with Crippen molar-refractivity contribution in [1.29, 1.82) is 5.41 Å². The van der Waals surface area contributed by atoms with Gasteiger partial charge in [-0.25, -0.2) is 4.79 Å². The number of carboxylic acid groups (broad SMARTS) is 1. The Labute approximate surface area is 110 Å². The SMILES string of the molecule is CC(C)C(=O)Nc1ccc(C(=O)O)cc1NC(=N)N. The molecule has 1 amide bonds. The summed E-state index contributed by atoms with van der Waals surface area (Å²) in [7, 11) is 0. The fourth-order valence-electron chi connectivity index (χ4n) is 1.31. The van der Waals surface area contributed by atoms with Gasteiger partial charge in [-0.15, -0.1) is 0 Å². The molecule has 0 unspecified atom stereocenters. The van der Waals surface area contributed by atoms with Crippen LogP contribution in [-0.2, 0) is 4.79 Å². The Balaban J connectivity index is 3.11. The Morgan fingerprint density at radius 1 is 1.26 bits per heavy atom. The van der Waals surface area contributed by atoms with Crippen LogP contribution in [0.3, 0.4) is 0 Å². The van der Waals surface area contributed by atoms with E-state index < -0.39 is 5.97 Å². The first-order valence-electron chi connectivity index (χ1n) is 5.60. The van der Waals surface area contributed by atoms with Gasteiger partial charge < -0.3 is 21.5 Å². The molecule has 1 aromatic carbocycles. The second kappa shape index (κ2) is 5.85. The van der Waals surface area contributed by atoms with E-state index in [1.165, 1.54) is 18.2 Å². The van der Waals surface area contributed by atoms with E-state index in [0.29, 0.717) is 5.69 Å². The number of carbonyl (C=O) groups is 2. The first kappa shape index (κ1) is 14.5. The first-order valence-corrected chi connectivity index (χ1v) is 5.60. The van der Waals surface area contributed by atoms with E-state index in [0.717, 1.165) is 0 Å². The van der Waals surface area contributed by atoms with E-state index in [1.807, 2.05) is 0 Å². The van der Waals surface area contributed by atoms with Crippen LogP contribution in [0.25, 0.3) is 0 Å². The van der Waals surface area contributed by atoms with Crippen LogP contribution in [0.1, 0.15) is 24.2 Å². The summed E-state index contributed by atoms with van der Waals surface area (Å²) < 4.78 is 0. The maximum atomic E-state index is 11.6. The van der Waals surface area contributed by atoms with Crippen LogP contribution in [0.5, 0.6) is 0 Å². The smallest absolute Gasteiger partial charge is 0.335 e. The van der Waals surface area contributed by atoms with Crippen molar-refractivity contribution in [2.24, 2.45) is 11.7 Å². The molecule has 19 heavy (non-hydrogen) atoms. The predicted molar refractivity (Wildman–Crippen MR) is 72.4 cm³/mol. The molecule has 0 saturated carbocycles. The summed E-state index contributed by atoms with van der Waals surface area (Å²) in [5.74, 6) is -1.88. The number of nitrogens with two attached hydrogens (primary N) is 1. The van der Waals surface area contributed by atoms with Gasteiger partial charge in [0.15, 0.2) is 5.96 Å². The minimum atomic E-state index is -1.10. The van der Waals surface area contributed by atoms with E-state index >= 15 is 0 Å². The molecule has 6 N–H and O–H groups in total. The third kappa shape index (κ3) is 3.98. The Morgan fingerprint density at radius 3 is 2.37 bits per heavy atom. The number of anilines is 2. The average molecular weight is 264 g/mol. The minimum Gasteiger partial charge on any atom is -0.478 e. The lowest BCUT2D eigenvalue weighted by atomic mass is 10.1. The van der Waals surface area contributed by atoms with Gasteiger partial charge in [0.05, 0.1) is 16.9 Å². The van der Waals surface area contributed by atoms with Crippen LogP contribution >= 0.6 is 0 Å². The third-order valence-corrected chi connectivity index (χ3v) is 2.32. The molecule has 7 heteroatoms. The number of nitrogens with one attached hydrogen (secondary N) is 3. The number of hydrogen-bond donors (Lipinski definition) is 5. The van der Waals surface area contributed by atoms with Crippen LogP contribution in [0.2, 0.25) is 0 Å². The molecule has 0 aliphatic rings.